The molecule has 0 aliphatic heterocycles. The summed E-state index contributed by atoms with van der Waals surface area (Å²) < 4.78 is 2.13. The smallest absolute Gasteiger partial charge is 0.0949 e. The molecule has 58 valence electrons. The van der Waals surface area contributed by atoms with Crippen molar-refractivity contribution in [1.29, 1.82) is 0 Å². The van der Waals surface area contributed by atoms with Gasteiger partial charge in [0.25, 0.3) is 0 Å². The molecule has 0 aliphatic carbocycles. The van der Waals surface area contributed by atoms with Gasteiger partial charge in [-0.05, 0) is 12.1 Å². The molecule has 0 saturated carbocycles. The molecule has 0 saturated heterocycles. The van der Waals surface area contributed by atoms with Gasteiger partial charge in [0.05, 0.1) is 8.35 Å². The Morgan fingerprint density at radius 1 is 1.36 bits per heavy atom. The minimum atomic E-state index is 0.629. The lowest BCUT2D eigenvalue weighted by Gasteiger charge is -1.81. The van der Waals surface area contributed by atoms with E-state index in [0.29, 0.717) is 6.54 Å². The highest BCUT2D eigenvalue weighted by Crippen LogP contribution is 2.35. The van der Waals surface area contributed by atoms with Gasteiger partial charge >= 0.3 is 0 Å². The molecular weight excluding hydrogens is 198 g/mol. The van der Waals surface area contributed by atoms with Crippen molar-refractivity contribution in [3.63, 3.8) is 0 Å². The molecule has 2 aromatic heterocycles. The van der Waals surface area contributed by atoms with Gasteiger partial charge in [-0.25, -0.2) is 0 Å². The van der Waals surface area contributed by atoms with Crippen molar-refractivity contribution in [3.8, 4) is 0 Å². The number of thiophene rings is 2. The lowest BCUT2D eigenvalue weighted by atomic mass is 10.4. The van der Waals surface area contributed by atoms with Crippen molar-refractivity contribution in [3.05, 3.63) is 21.3 Å². The van der Waals surface area contributed by atoms with Crippen molar-refractivity contribution < 1.29 is 0 Å². The second-order valence-electron chi connectivity index (χ2n) is 2.21. The molecular formula is C7H6ClNS2. The summed E-state index contributed by atoms with van der Waals surface area (Å²) in [7, 11) is 0. The van der Waals surface area contributed by atoms with Gasteiger partial charge in [-0.15, -0.1) is 22.7 Å². The van der Waals surface area contributed by atoms with Gasteiger partial charge in [-0.3, -0.25) is 0 Å². The molecule has 0 spiro atoms. The van der Waals surface area contributed by atoms with Gasteiger partial charge in [0.2, 0.25) is 0 Å². The zero-order chi connectivity index (χ0) is 7.84. The fourth-order valence-electron chi connectivity index (χ4n) is 0.961. The fourth-order valence-corrected chi connectivity index (χ4v) is 3.55. The van der Waals surface area contributed by atoms with Gasteiger partial charge in [0.1, 0.15) is 0 Å². The van der Waals surface area contributed by atoms with Crippen LogP contribution in [0.2, 0.25) is 4.34 Å². The summed E-state index contributed by atoms with van der Waals surface area (Å²) in [5.41, 5.74) is 5.49. The average Bonchev–Trinajstić information content (AvgIpc) is 2.43. The van der Waals surface area contributed by atoms with Crippen LogP contribution in [-0.2, 0) is 6.54 Å². The predicted octanol–water partition coefficient (Wildman–Crippen LogP) is 3.07. The van der Waals surface area contributed by atoms with Crippen molar-refractivity contribution in [2.75, 3.05) is 0 Å². The van der Waals surface area contributed by atoms with Crippen LogP contribution in [0.1, 0.15) is 4.88 Å². The molecule has 2 heterocycles. The standard InChI is InChI=1S/C7H6ClNS2/c8-6-2-4-1-5(3-9)10-7(4)11-6/h1-2H,3,9H2. The van der Waals surface area contributed by atoms with E-state index in [9.17, 15) is 0 Å². The second-order valence-corrected chi connectivity index (χ2v) is 5.29. The summed E-state index contributed by atoms with van der Waals surface area (Å²) in [6.07, 6.45) is 0. The van der Waals surface area contributed by atoms with Crippen LogP contribution in [0.25, 0.3) is 9.40 Å². The Balaban J connectivity index is 2.64. The number of fused-ring (bicyclic) bond motifs is 1. The highest BCUT2D eigenvalue weighted by molar-refractivity contribution is 7.39. The number of rotatable bonds is 1. The zero-order valence-electron chi connectivity index (χ0n) is 5.63. The zero-order valence-corrected chi connectivity index (χ0v) is 8.02. The summed E-state index contributed by atoms with van der Waals surface area (Å²) >= 11 is 9.16. The van der Waals surface area contributed by atoms with E-state index >= 15 is 0 Å². The Kier molecular flexibility index (Phi) is 1.89. The summed E-state index contributed by atoms with van der Waals surface area (Å²) in [4.78, 5) is 1.22. The molecule has 4 heteroatoms. The van der Waals surface area contributed by atoms with Crippen LogP contribution < -0.4 is 5.73 Å². The van der Waals surface area contributed by atoms with E-state index in [0.717, 1.165) is 4.34 Å². The van der Waals surface area contributed by atoms with Crippen LogP contribution in [0.3, 0.4) is 0 Å². The monoisotopic (exact) mass is 203 g/mol. The molecule has 2 aromatic rings. The van der Waals surface area contributed by atoms with Crippen LogP contribution in [0.5, 0.6) is 0 Å². The Hall–Kier alpha value is -0.0900. The minimum absolute atomic E-state index is 0.629. The van der Waals surface area contributed by atoms with Crippen molar-refractivity contribution in [1.82, 2.24) is 0 Å². The molecule has 0 bridgehead atoms. The van der Waals surface area contributed by atoms with E-state index < -0.39 is 0 Å². The van der Waals surface area contributed by atoms with E-state index in [1.165, 1.54) is 14.3 Å². The largest absolute Gasteiger partial charge is 0.326 e. The average molecular weight is 204 g/mol. The maximum Gasteiger partial charge on any atom is 0.0949 e. The van der Waals surface area contributed by atoms with E-state index in [2.05, 4.69) is 6.07 Å². The summed E-state index contributed by atoms with van der Waals surface area (Å²) in [5, 5.41) is 1.23. The van der Waals surface area contributed by atoms with Crippen molar-refractivity contribution in [2.24, 2.45) is 5.73 Å². The third kappa shape index (κ3) is 1.29. The fraction of sp³-hybridized carbons (Fsp3) is 0.143. The molecule has 11 heavy (non-hydrogen) atoms. The predicted molar refractivity (Wildman–Crippen MR) is 52.6 cm³/mol. The molecule has 2 N–H and O–H groups in total. The van der Waals surface area contributed by atoms with Gasteiger partial charge in [-0.1, -0.05) is 11.6 Å². The molecule has 0 aromatic carbocycles. The number of nitrogens with two attached hydrogens (primary N) is 1. The molecule has 2 rings (SSSR count). The highest BCUT2D eigenvalue weighted by atomic mass is 35.5. The van der Waals surface area contributed by atoms with E-state index in [4.69, 9.17) is 17.3 Å². The van der Waals surface area contributed by atoms with Gasteiger partial charge in [0, 0.05) is 16.8 Å². The lowest BCUT2D eigenvalue weighted by Crippen LogP contribution is -1.91. The third-order valence-corrected chi connectivity index (χ3v) is 3.98. The van der Waals surface area contributed by atoms with E-state index in [1.54, 1.807) is 22.7 Å². The second kappa shape index (κ2) is 2.75. The Labute approximate surface area is 77.4 Å². The molecule has 0 fully saturated rings. The van der Waals surface area contributed by atoms with Gasteiger partial charge < -0.3 is 5.73 Å². The van der Waals surface area contributed by atoms with Crippen LogP contribution in [-0.4, -0.2) is 0 Å². The third-order valence-electron chi connectivity index (χ3n) is 1.44. The van der Waals surface area contributed by atoms with Gasteiger partial charge in [0.15, 0.2) is 0 Å². The lowest BCUT2D eigenvalue weighted by molar-refractivity contribution is 1.11. The summed E-state index contributed by atoms with van der Waals surface area (Å²) in [6.45, 7) is 0.629. The van der Waals surface area contributed by atoms with Gasteiger partial charge in [-0.2, -0.15) is 0 Å². The number of halogens is 1. The molecule has 0 unspecified atom stereocenters. The molecule has 0 atom stereocenters. The molecule has 1 nitrogen and oxygen atoms in total. The first kappa shape index (κ1) is 7.55. The first-order valence-electron chi connectivity index (χ1n) is 3.17. The molecule has 0 radical (unpaired) electrons. The van der Waals surface area contributed by atoms with Crippen LogP contribution >= 0.6 is 34.3 Å². The summed E-state index contributed by atoms with van der Waals surface area (Å²) in [6, 6.07) is 4.08. The minimum Gasteiger partial charge on any atom is -0.326 e. The quantitative estimate of drug-likeness (QED) is 0.758. The van der Waals surface area contributed by atoms with E-state index in [-0.39, 0.29) is 0 Å². The van der Waals surface area contributed by atoms with Crippen LogP contribution in [0, 0.1) is 0 Å². The maximum atomic E-state index is 5.81. The number of hydrogen-bond acceptors (Lipinski definition) is 3. The topological polar surface area (TPSA) is 26.0 Å². The first-order valence-corrected chi connectivity index (χ1v) is 5.18. The highest BCUT2D eigenvalue weighted by Gasteiger charge is 2.03. The van der Waals surface area contributed by atoms with Crippen molar-refractivity contribution in [2.45, 2.75) is 6.54 Å². The van der Waals surface area contributed by atoms with E-state index in [1.807, 2.05) is 6.07 Å². The van der Waals surface area contributed by atoms with Crippen LogP contribution in [0.15, 0.2) is 12.1 Å². The Morgan fingerprint density at radius 3 is 2.82 bits per heavy atom. The van der Waals surface area contributed by atoms with Crippen LogP contribution in [0.4, 0.5) is 0 Å². The number of hydrogen-bond donors (Lipinski definition) is 1. The Bertz CT molecular complexity index is 345. The summed E-state index contributed by atoms with van der Waals surface area (Å²) in [5.74, 6) is 0. The SMILES string of the molecule is NCc1cc2cc(Cl)sc2s1. The Morgan fingerprint density at radius 2 is 2.18 bits per heavy atom. The first-order chi connectivity index (χ1) is 5.29. The normalized spacial score (nSPS) is 11.1. The molecule has 0 aliphatic rings. The molecule has 0 amide bonds. The maximum absolute atomic E-state index is 5.81. The van der Waals surface area contributed by atoms with Crippen molar-refractivity contribution >= 4 is 43.7 Å².